The Morgan fingerprint density at radius 3 is 2.27 bits per heavy atom. The molecule has 0 heterocycles. The minimum atomic E-state index is -1.20. The van der Waals surface area contributed by atoms with Crippen LogP contribution in [0.1, 0.15) is 37.7 Å². The average Bonchev–Trinajstić information content (AvgIpc) is 2.78. The van der Waals surface area contributed by atoms with E-state index in [4.69, 9.17) is 16.2 Å². The zero-order valence-corrected chi connectivity index (χ0v) is 18.2. The Bertz CT molecular complexity index is 803. The molecule has 0 aliphatic heterocycles. The summed E-state index contributed by atoms with van der Waals surface area (Å²) in [6.45, 7) is -0.142. The van der Waals surface area contributed by atoms with Gasteiger partial charge < -0.3 is 37.3 Å². The first-order chi connectivity index (χ1) is 15.7. The van der Waals surface area contributed by atoms with Gasteiger partial charge in [0.1, 0.15) is 18.7 Å². The van der Waals surface area contributed by atoms with Crippen LogP contribution in [-0.2, 0) is 30.5 Å². The van der Waals surface area contributed by atoms with Crippen molar-refractivity contribution < 1.29 is 33.8 Å². The van der Waals surface area contributed by atoms with Crippen LogP contribution in [0.3, 0.4) is 0 Å². The van der Waals surface area contributed by atoms with Gasteiger partial charge in [0.2, 0.25) is 17.7 Å². The molecule has 12 nitrogen and oxygen atoms in total. The first kappa shape index (κ1) is 27.4. The summed E-state index contributed by atoms with van der Waals surface area (Å²) in [6.07, 6.45) is 0.140. The minimum Gasteiger partial charge on any atom is -0.480 e. The fourth-order valence-corrected chi connectivity index (χ4v) is 2.75. The lowest BCUT2D eigenvalue weighted by Crippen LogP contribution is -2.51. The summed E-state index contributed by atoms with van der Waals surface area (Å²) >= 11 is 0. The Morgan fingerprint density at radius 2 is 1.67 bits per heavy atom. The second-order valence-corrected chi connectivity index (χ2v) is 7.22. The van der Waals surface area contributed by atoms with E-state index in [2.05, 4.69) is 16.0 Å². The topological polar surface area (TPSA) is 203 Å². The van der Waals surface area contributed by atoms with Crippen LogP contribution in [0, 0.1) is 0 Å². The normalized spacial score (nSPS) is 12.2. The van der Waals surface area contributed by atoms with Gasteiger partial charge in [0, 0.05) is 6.42 Å². The molecule has 1 rings (SSSR count). The van der Waals surface area contributed by atoms with Crippen molar-refractivity contribution in [2.45, 2.75) is 50.8 Å². The Hall–Kier alpha value is -3.67. The van der Waals surface area contributed by atoms with Crippen molar-refractivity contribution in [1.82, 2.24) is 16.0 Å². The summed E-state index contributed by atoms with van der Waals surface area (Å²) in [6, 6.07) is 6.57. The van der Waals surface area contributed by atoms with E-state index in [1.165, 1.54) is 0 Å². The van der Waals surface area contributed by atoms with Crippen molar-refractivity contribution in [2.24, 2.45) is 11.5 Å². The van der Waals surface area contributed by atoms with Gasteiger partial charge in [-0.25, -0.2) is 9.59 Å². The third-order valence-corrected chi connectivity index (χ3v) is 4.50. The van der Waals surface area contributed by atoms with Crippen LogP contribution in [0.5, 0.6) is 0 Å². The van der Waals surface area contributed by atoms with E-state index in [9.17, 15) is 29.1 Å². The number of alkyl carbamates (subject to hydrolysis) is 1. The predicted octanol–water partition coefficient (Wildman–Crippen LogP) is -0.638. The van der Waals surface area contributed by atoms with Gasteiger partial charge in [0.15, 0.2) is 0 Å². The molecule has 0 saturated heterocycles. The van der Waals surface area contributed by atoms with Gasteiger partial charge in [-0.05, 0) is 37.8 Å². The fourth-order valence-electron chi connectivity index (χ4n) is 2.75. The molecule has 12 heteroatoms. The quantitative estimate of drug-likeness (QED) is 0.183. The Labute approximate surface area is 191 Å². The molecular formula is C21H31N5O7. The van der Waals surface area contributed by atoms with Crippen molar-refractivity contribution in [2.75, 3.05) is 13.1 Å². The SMILES string of the molecule is NCCCC[C@H](NC(=O)CNC(=O)[C@H](CCC(N)=O)NC(=O)OCc1ccccc1)C(=O)O. The summed E-state index contributed by atoms with van der Waals surface area (Å²) in [4.78, 5) is 59.0. The molecule has 0 saturated carbocycles. The van der Waals surface area contributed by atoms with E-state index >= 15 is 0 Å². The van der Waals surface area contributed by atoms with Gasteiger partial charge in [0.05, 0.1) is 6.54 Å². The Balaban J connectivity index is 2.58. The van der Waals surface area contributed by atoms with Crippen LogP contribution in [-0.4, -0.2) is 60.1 Å². The van der Waals surface area contributed by atoms with E-state index in [1.54, 1.807) is 24.3 Å². The lowest BCUT2D eigenvalue weighted by molar-refractivity contribution is -0.142. The number of primary amides is 1. The van der Waals surface area contributed by atoms with Crippen molar-refractivity contribution in [3.05, 3.63) is 35.9 Å². The molecule has 0 aliphatic rings. The van der Waals surface area contributed by atoms with Gasteiger partial charge in [-0.15, -0.1) is 0 Å². The number of amides is 4. The number of nitrogens with one attached hydrogen (secondary N) is 3. The maximum absolute atomic E-state index is 12.5. The standard InChI is InChI=1S/C21H31N5O7/c22-11-5-4-8-16(20(30)31)25-18(28)12-24-19(29)15(9-10-17(23)27)26-21(32)33-13-14-6-2-1-3-7-14/h1-3,6-7,15-16H,4-5,8-13,22H2,(H2,23,27)(H,24,29)(H,25,28)(H,26,32)(H,30,31)/t15-,16-/m0/s1. The zero-order chi connectivity index (χ0) is 24.6. The average molecular weight is 466 g/mol. The van der Waals surface area contributed by atoms with Gasteiger partial charge in [-0.3, -0.25) is 14.4 Å². The van der Waals surface area contributed by atoms with Crippen LogP contribution in [0.4, 0.5) is 4.79 Å². The van der Waals surface area contributed by atoms with Crippen molar-refractivity contribution in [1.29, 1.82) is 0 Å². The molecule has 0 fully saturated rings. The number of carbonyl (C=O) groups is 5. The molecule has 8 N–H and O–H groups in total. The van der Waals surface area contributed by atoms with Crippen LogP contribution >= 0.6 is 0 Å². The lowest BCUT2D eigenvalue weighted by Gasteiger charge is -2.19. The van der Waals surface area contributed by atoms with Crippen LogP contribution in [0.25, 0.3) is 0 Å². The van der Waals surface area contributed by atoms with Crippen LogP contribution in [0.2, 0.25) is 0 Å². The number of benzene rings is 1. The second-order valence-electron chi connectivity index (χ2n) is 7.22. The molecule has 0 spiro atoms. The van der Waals surface area contributed by atoms with Gasteiger partial charge in [-0.1, -0.05) is 30.3 Å². The van der Waals surface area contributed by atoms with Crippen molar-refractivity contribution in [3.8, 4) is 0 Å². The highest BCUT2D eigenvalue weighted by Crippen LogP contribution is 2.03. The molecule has 182 valence electrons. The highest BCUT2D eigenvalue weighted by atomic mass is 16.5. The van der Waals surface area contributed by atoms with E-state index in [1.807, 2.05) is 6.07 Å². The third-order valence-electron chi connectivity index (χ3n) is 4.50. The second kappa shape index (κ2) is 15.2. The van der Waals surface area contributed by atoms with E-state index < -0.39 is 48.4 Å². The number of rotatable bonds is 15. The number of ether oxygens (including phenoxy) is 1. The molecule has 0 bridgehead atoms. The minimum absolute atomic E-state index is 0.0278. The molecule has 1 aromatic carbocycles. The summed E-state index contributed by atoms with van der Waals surface area (Å²) in [5.41, 5.74) is 11.2. The van der Waals surface area contributed by atoms with Gasteiger partial charge in [-0.2, -0.15) is 0 Å². The maximum atomic E-state index is 12.5. The zero-order valence-electron chi connectivity index (χ0n) is 18.2. The smallest absolute Gasteiger partial charge is 0.408 e. The van der Waals surface area contributed by atoms with E-state index in [-0.39, 0.29) is 25.9 Å². The number of nitrogens with two attached hydrogens (primary N) is 2. The first-order valence-corrected chi connectivity index (χ1v) is 10.5. The number of carbonyl (C=O) groups excluding carboxylic acids is 4. The van der Waals surface area contributed by atoms with Crippen LogP contribution in [0.15, 0.2) is 30.3 Å². The summed E-state index contributed by atoms with van der Waals surface area (Å²) in [5.74, 6) is -3.34. The predicted molar refractivity (Wildman–Crippen MR) is 117 cm³/mol. The fraction of sp³-hybridized carbons (Fsp3) is 0.476. The molecule has 33 heavy (non-hydrogen) atoms. The van der Waals surface area contributed by atoms with Crippen LogP contribution < -0.4 is 27.4 Å². The van der Waals surface area contributed by atoms with Gasteiger partial charge >= 0.3 is 12.1 Å². The number of unbranched alkanes of at least 4 members (excludes halogenated alkanes) is 1. The molecule has 0 aromatic heterocycles. The lowest BCUT2D eigenvalue weighted by atomic mass is 10.1. The Morgan fingerprint density at radius 1 is 0.970 bits per heavy atom. The first-order valence-electron chi connectivity index (χ1n) is 10.5. The highest BCUT2D eigenvalue weighted by molar-refractivity contribution is 5.91. The summed E-state index contributed by atoms with van der Waals surface area (Å²) in [7, 11) is 0. The number of hydrogen-bond acceptors (Lipinski definition) is 7. The molecule has 2 atom stereocenters. The molecular weight excluding hydrogens is 434 g/mol. The van der Waals surface area contributed by atoms with Crippen molar-refractivity contribution >= 4 is 29.8 Å². The Kier molecular flexibility index (Phi) is 12.6. The largest absolute Gasteiger partial charge is 0.480 e. The number of hydrogen-bond donors (Lipinski definition) is 6. The van der Waals surface area contributed by atoms with E-state index in [0.717, 1.165) is 5.56 Å². The number of carboxylic acids is 1. The summed E-state index contributed by atoms with van der Waals surface area (Å²) < 4.78 is 5.07. The molecule has 0 unspecified atom stereocenters. The molecule has 0 aliphatic carbocycles. The van der Waals surface area contributed by atoms with Gasteiger partial charge in [0.25, 0.3) is 0 Å². The van der Waals surface area contributed by atoms with E-state index in [0.29, 0.717) is 19.4 Å². The number of aliphatic carboxylic acids is 1. The third kappa shape index (κ3) is 12.1. The molecule has 4 amide bonds. The molecule has 0 radical (unpaired) electrons. The molecule has 1 aromatic rings. The highest BCUT2D eigenvalue weighted by Gasteiger charge is 2.24. The maximum Gasteiger partial charge on any atom is 0.408 e. The summed E-state index contributed by atoms with van der Waals surface area (Å²) in [5, 5.41) is 16.2. The monoisotopic (exact) mass is 465 g/mol. The number of carboxylic acid groups (broad SMARTS) is 1. The van der Waals surface area contributed by atoms with Crippen molar-refractivity contribution in [3.63, 3.8) is 0 Å².